The number of hydrogen-bond donors (Lipinski definition) is 3. The molecule has 8 nitrogen and oxygen atoms in total. The molecule has 39 heavy (non-hydrogen) atoms. The van der Waals surface area contributed by atoms with Gasteiger partial charge in [0.05, 0.1) is 37.7 Å². The zero-order valence-corrected chi connectivity index (χ0v) is 22.4. The molecule has 0 heterocycles. The first kappa shape index (κ1) is 31.5. The number of aliphatic hydroxyl groups is 1. The van der Waals surface area contributed by atoms with Crippen LogP contribution in [0.5, 0.6) is 0 Å². The van der Waals surface area contributed by atoms with Crippen LogP contribution in [0.1, 0.15) is 36.4 Å². The van der Waals surface area contributed by atoms with E-state index in [1.165, 1.54) is 0 Å². The van der Waals surface area contributed by atoms with E-state index in [2.05, 4.69) is 23.8 Å². The minimum atomic E-state index is -0.644. The van der Waals surface area contributed by atoms with Crippen molar-refractivity contribution in [1.82, 2.24) is 10.6 Å². The van der Waals surface area contributed by atoms with Gasteiger partial charge in [0.2, 0.25) is 11.8 Å². The number of benzene rings is 2. The first-order valence-corrected chi connectivity index (χ1v) is 13.2. The summed E-state index contributed by atoms with van der Waals surface area (Å²) < 4.78 is 10.9. The van der Waals surface area contributed by atoms with Crippen LogP contribution in [0.2, 0.25) is 0 Å². The molecule has 0 bridgehead atoms. The molecule has 0 spiro atoms. The SMILES string of the molecule is C=CC[C@@H](CC(=O)NCCOCCO)C(=O)N[C@H](COC(=O)[C@@H](CC=C)Cc1ccccc1)c1ccccc1. The van der Waals surface area contributed by atoms with E-state index in [0.717, 1.165) is 11.1 Å². The molecule has 0 aliphatic rings. The van der Waals surface area contributed by atoms with Crippen LogP contribution < -0.4 is 10.6 Å². The lowest BCUT2D eigenvalue weighted by Gasteiger charge is -2.24. The van der Waals surface area contributed by atoms with Gasteiger partial charge in [-0.15, -0.1) is 13.2 Å². The van der Waals surface area contributed by atoms with Crippen LogP contribution in [0.15, 0.2) is 86.0 Å². The summed E-state index contributed by atoms with van der Waals surface area (Å²) in [5.74, 6) is -2.02. The van der Waals surface area contributed by atoms with Crippen molar-refractivity contribution < 1.29 is 29.0 Å². The number of esters is 1. The van der Waals surface area contributed by atoms with Crippen molar-refractivity contribution in [3.05, 3.63) is 97.1 Å². The Balaban J connectivity index is 2.04. The van der Waals surface area contributed by atoms with Crippen molar-refractivity contribution >= 4 is 17.8 Å². The standard InChI is InChI=1S/C31H40N2O6/c1-3-11-26(22-29(35)32-17-19-38-20-18-34)30(36)33-28(25-15-9-6-10-16-25)23-39-31(37)27(12-4-2)21-24-13-7-5-8-14-24/h3-10,13-16,26-28,34H,1-2,11-12,17-23H2,(H,32,35)(H,33,36)/t26-,27-,28+/m0/s1. The Bertz CT molecular complexity index is 1030. The molecule has 0 radical (unpaired) electrons. The largest absolute Gasteiger partial charge is 0.463 e. The Morgan fingerprint density at radius 1 is 0.897 bits per heavy atom. The van der Waals surface area contributed by atoms with Gasteiger partial charge in [0.1, 0.15) is 6.61 Å². The predicted molar refractivity (Wildman–Crippen MR) is 151 cm³/mol. The highest BCUT2D eigenvalue weighted by Crippen LogP contribution is 2.20. The molecule has 3 atom stereocenters. The maximum atomic E-state index is 13.2. The molecule has 2 aromatic rings. The summed E-state index contributed by atoms with van der Waals surface area (Å²) in [6.07, 6.45) is 4.57. The second kappa shape index (κ2) is 18.5. The van der Waals surface area contributed by atoms with Gasteiger partial charge in [-0.1, -0.05) is 72.8 Å². The monoisotopic (exact) mass is 536 g/mol. The summed E-state index contributed by atoms with van der Waals surface area (Å²) in [6.45, 7) is 8.10. The second-order valence-electron chi connectivity index (χ2n) is 9.12. The van der Waals surface area contributed by atoms with E-state index in [1.807, 2.05) is 60.7 Å². The molecule has 0 aliphatic carbocycles. The average molecular weight is 537 g/mol. The number of hydrogen-bond acceptors (Lipinski definition) is 6. The van der Waals surface area contributed by atoms with Gasteiger partial charge in [-0.2, -0.15) is 0 Å². The van der Waals surface area contributed by atoms with Gasteiger partial charge in [0.15, 0.2) is 0 Å². The van der Waals surface area contributed by atoms with E-state index < -0.39 is 17.9 Å². The van der Waals surface area contributed by atoms with Gasteiger partial charge in [0.25, 0.3) is 0 Å². The molecular formula is C31H40N2O6. The Labute approximate surface area is 231 Å². The van der Waals surface area contributed by atoms with E-state index in [9.17, 15) is 14.4 Å². The minimum absolute atomic E-state index is 0.0301. The van der Waals surface area contributed by atoms with Crippen LogP contribution in [-0.4, -0.2) is 55.9 Å². The molecule has 3 N–H and O–H groups in total. The van der Waals surface area contributed by atoms with Crippen LogP contribution in [0.4, 0.5) is 0 Å². The fraction of sp³-hybridized carbons (Fsp3) is 0.387. The van der Waals surface area contributed by atoms with Crippen molar-refractivity contribution in [1.29, 1.82) is 0 Å². The number of carbonyl (C=O) groups excluding carboxylic acids is 3. The molecule has 0 fully saturated rings. The van der Waals surface area contributed by atoms with Gasteiger partial charge in [-0.25, -0.2) is 0 Å². The molecule has 8 heteroatoms. The van der Waals surface area contributed by atoms with E-state index in [4.69, 9.17) is 14.6 Å². The predicted octanol–water partition coefficient (Wildman–Crippen LogP) is 3.53. The van der Waals surface area contributed by atoms with Crippen molar-refractivity contribution in [2.75, 3.05) is 33.0 Å². The van der Waals surface area contributed by atoms with Crippen molar-refractivity contribution in [2.24, 2.45) is 11.8 Å². The van der Waals surface area contributed by atoms with E-state index in [1.54, 1.807) is 12.2 Å². The van der Waals surface area contributed by atoms with Crippen molar-refractivity contribution in [3.8, 4) is 0 Å². The zero-order chi connectivity index (χ0) is 28.3. The highest BCUT2D eigenvalue weighted by molar-refractivity contribution is 5.86. The molecule has 210 valence electrons. The van der Waals surface area contributed by atoms with Crippen LogP contribution in [-0.2, 0) is 30.3 Å². The lowest BCUT2D eigenvalue weighted by molar-refractivity contribution is -0.150. The topological polar surface area (TPSA) is 114 Å². The van der Waals surface area contributed by atoms with E-state index in [0.29, 0.717) is 19.3 Å². The third-order valence-electron chi connectivity index (χ3n) is 6.08. The smallest absolute Gasteiger partial charge is 0.309 e. The fourth-order valence-corrected chi connectivity index (χ4v) is 4.05. The lowest BCUT2D eigenvalue weighted by Crippen LogP contribution is -2.39. The van der Waals surface area contributed by atoms with Gasteiger partial charge in [-0.3, -0.25) is 14.4 Å². The Hall–Kier alpha value is -3.75. The maximum absolute atomic E-state index is 13.2. The number of nitrogens with one attached hydrogen (secondary N) is 2. The molecule has 0 saturated carbocycles. The van der Waals surface area contributed by atoms with Crippen LogP contribution >= 0.6 is 0 Å². The quantitative estimate of drug-likeness (QED) is 0.144. The second-order valence-corrected chi connectivity index (χ2v) is 9.12. The molecule has 2 rings (SSSR count). The van der Waals surface area contributed by atoms with Gasteiger partial charge in [0, 0.05) is 13.0 Å². The van der Waals surface area contributed by atoms with Gasteiger partial charge < -0.3 is 25.2 Å². The zero-order valence-electron chi connectivity index (χ0n) is 22.4. The minimum Gasteiger partial charge on any atom is -0.463 e. The summed E-state index contributed by atoms with van der Waals surface area (Å²) in [7, 11) is 0. The molecule has 2 aromatic carbocycles. The lowest BCUT2D eigenvalue weighted by atomic mass is 9.96. The molecule has 0 saturated heterocycles. The van der Waals surface area contributed by atoms with E-state index >= 15 is 0 Å². The highest BCUT2D eigenvalue weighted by atomic mass is 16.5. The normalized spacial score (nSPS) is 12.9. The third kappa shape index (κ3) is 12.1. The first-order valence-electron chi connectivity index (χ1n) is 13.2. The molecule has 0 aromatic heterocycles. The molecular weight excluding hydrogens is 496 g/mol. The number of allylic oxidation sites excluding steroid dienone is 2. The Morgan fingerprint density at radius 2 is 1.54 bits per heavy atom. The summed E-state index contributed by atoms with van der Waals surface area (Å²) in [5, 5.41) is 14.4. The number of amides is 2. The number of rotatable bonds is 19. The van der Waals surface area contributed by atoms with Crippen molar-refractivity contribution in [3.63, 3.8) is 0 Å². The Kier molecular flexibility index (Phi) is 14.9. The first-order chi connectivity index (χ1) is 19.0. The summed E-state index contributed by atoms with van der Waals surface area (Å²) in [6, 6.07) is 18.4. The third-order valence-corrected chi connectivity index (χ3v) is 6.08. The number of aliphatic hydroxyl groups excluding tert-OH is 1. The Morgan fingerprint density at radius 3 is 2.18 bits per heavy atom. The average Bonchev–Trinajstić information content (AvgIpc) is 2.95. The van der Waals surface area contributed by atoms with Gasteiger partial charge >= 0.3 is 5.97 Å². The molecule has 2 amide bonds. The van der Waals surface area contributed by atoms with Crippen molar-refractivity contribution in [2.45, 2.75) is 31.7 Å². The number of carbonyl (C=O) groups is 3. The maximum Gasteiger partial charge on any atom is 0.309 e. The highest BCUT2D eigenvalue weighted by Gasteiger charge is 2.26. The van der Waals surface area contributed by atoms with Crippen LogP contribution in [0.25, 0.3) is 0 Å². The van der Waals surface area contributed by atoms with Crippen LogP contribution in [0.3, 0.4) is 0 Å². The van der Waals surface area contributed by atoms with Gasteiger partial charge in [-0.05, 0) is 30.4 Å². The fourth-order valence-electron chi connectivity index (χ4n) is 4.05. The molecule has 0 unspecified atom stereocenters. The summed E-state index contributed by atoms with van der Waals surface area (Å²) in [5.41, 5.74) is 1.81. The number of ether oxygens (including phenoxy) is 2. The summed E-state index contributed by atoms with van der Waals surface area (Å²) in [4.78, 5) is 38.7. The molecule has 0 aliphatic heterocycles. The van der Waals surface area contributed by atoms with Crippen LogP contribution in [0, 0.1) is 11.8 Å². The summed E-state index contributed by atoms with van der Waals surface area (Å²) >= 11 is 0. The van der Waals surface area contributed by atoms with E-state index in [-0.39, 0.29) is 57.2 Å².